The van der Waals surface area contributed by atoms with Crippen LogP contribution in [-0.2, 0) is 0 Å². The number of aryl methyl sites for hydroxylation is 1. The van der Waals surface area contributed by atoms with Crippen molar-refractivity contribution in [1.82, 2.24) is 5.32 Å². The van der Waals surface area contributed by atoms with Gasteiger partial charge in [-0.25, -0.2) is 0 Å². The molecular formula is C18H27N. The van der Waals surface area contributed by atoms with E-state index in [0.717, 1.165) is 17.8 Å². The largest absolute Gasteiger partial charge is 0.307 e. The molecule has 0 spiro atoms. The van der Waals surface area contributed by atoms with E-state index in [-0.39, 0.29) is 0 Å². The summed E-state index contributed by atoms with van der Waals surface area (Å²) in [4.78, 5) is 0. The van der Waals surface area contributed by atoms with Crippen molar-refractivity contribution in [3.8, 4) is 0 Å². The Morgan fingerprint density at radius 3 is 2.63 bits per heavy atom. The van der Waals surface area contributed by atoms with Crippen molar-refractivity contribution in [2.24, 2.45) is 17.8 Å². The summed E-state index contributed by atoms with van der Waals surface area (Å²) in [7, 11) is 0. The Morgan fingerprint density at radius 2 is 2.00 bits per heavy atom. The van der Waals surface area contributed by atoms with Crippen molar-refractivity contribution in [1.29, 1.82) is 0 Å². The second kappa shape index (κ2) is 5.28. The van der Waals surface area contributed by atoms with Crippen molar-refractivity contribution >= 4 is 0 Å². The van der Waals surface area contributed by atoms with Crippen molar-refractivity contribution in [2.75, 3.05) is 0 Å². The Balaban J connectivity index is 1.61. The van der Waals surface area contributed by atoms with Gasteiger partial charge >= 0.3 is 0 Å². The zero-order chi connectivity index (χ0) is 13.4. The van der Waals surface area contributed by atoms with Gasteiger partial charge in [0.05, 0.1) is 0 Å². The third kappa shape index (κ3) is 2.72. The SMILES string of the molecule is Cc1cccc(C(C)NC(C)C2CC3CCC2C3)c1. The summed E-state index contributed by atoms with van der Waals surface area (Å²) in [6, 6.07) is 10.0. The number of fused-ring (bicyclic) bond motifs is 2. The molecule has 1 heteroatoms. The van der Waals surface area contributed by atoms with Crippen LogP contribution in [-0.4, -0.2) is 6.04 Å². The maximum Gasteiger partial charge on any atom is 0.0294 e. The van der Waals surface area contributed by atoms with E-state index in [2.05, 4.69) is 50.4 Å². The van der Waals surface area contributed by atoms with Gasteiger partial charge in [-0.2, -0.15) is 0 Å². The van der Waals surface area contributed by atoms with Gasteiger partial charge in [0.25, 0.3) is 0 Å². The lowest BCUT2D eigenvalue weighted by atomic mass is 9.83. The summed E-state index contributed by atoms with van der Waals surface area (Å²) in [6.07, 6.45) is 5.97. The highest BCUT2D eigenvalue weighted by molar-refractivity contribution is 5.24. The quantitative estimate of drug-likeness (QED) is 0.839. The molecule has 1 aromatic rings. The second-order valence-electron chi connectivity index (χ2n) is 6.93. The molecule has 0 radical (unpaired) electrons. The Morgan fingerprint density at radius 1 is 1.16 bits per heavy atom. The van der Waals surface area contributed by atoms with Crippen LogP contribution >= 0.6 is 0 Å². The third-order valence-corrected chi connectivity index (χ3v) is 5.49. The molecule has 104 valence electrons. The fourth-order valence-electron chi connectivity index (χ4n) is 4.46. The Kier molecular flexibility index (Phi) is 3.66. The van der Waals surface area contributed by atoms with Gasteiger partial charge in [0.2, 0.25) is 0 Å². The van der Waals surface area contributed by atoms with Crippen molar-refractivity contribution in [2.45, 2.75) is 58.5 Å². The van der Waals surface area contributed by atoms with Crippen LogP contribution in [0.1, 0.15) is 56.7 Å². The van der Waals surface area contributed by atoms with Crippen molar-refractivity contribution in [3.05, 3.63) is 35.4 Å². The van der Waals surface area contributed by atoms with Crippen molar-refractivity contribution < 1.29 is 0 Å². The maximum atomic E-state index is 3.85. The standard InChI is InChI=1S/C18H27N/c1-12-5-4-6-16(9-12)13(2)19-14(3)18-11-15-7-8-17(18)10-15/h4-6,9,13-15,17-19H,7-8,10-11H2,1-3H3. The van der Waals surface area contributed by atoms with E-state index in [9.17, 15) is 0 Å². The van der Waals surface area contributed by atoms with Gasteiger partial charge in [0, 0.05) is 12.1 Å². The monoisotopic (exact) mass is 257 g/mol. The average molecular weight is 257 g/mol. The molecule has 1 nitrogen and oxygen atoms in total. The molecule has 2 saturated carbocycles. The first-order chi connectivity index (χ1) is 9.13. The fourth-order valence-corrected chi connectivity index (χ4v) is 4.46. The molecule has 3 rings (SSSR count). The molecule has 2 bridgehead atoms. The highest BCUT2D eigenvalue weighted by atomic mass is 14.9. The molecule has 5 unspecified atom stereocenters. The van der Waals surface area contributed by atoms with Crippen LogP contribution in [0.5, 0.6) is 0 Å². The summed E-state index contributed by atoms with van der Waals surface area (Å²) < 4.78 is 0. The molecular weight excluding hydrogens is 230 g/mol. The molecule has 5 atom stereocenters. The number of nitrogens with one attached hydrogen (secondary N) is 1. The Labute approximate surface area is 117 Å². The first-order valence-corrected chi connectivity index (χ1v) is 7.96. The molecule has 0 amide bonds. The summed E-state index contributed by atoms with van der Waals surface area (Å²) in [5.74, 6) is 2.98. The summed E-state index contributed by atoms with van der Waals surface area (Å²) in [5.41, 5.74) is 2.79. The van der Waals surface area contributed by atoms with Crippen LogP contribution in [0.3, 0.4) is 0 Å². The third-order valence-electron chi connectivity index (χ3n) is 5.49. The lowest BCUT2D eigenvalue weighted by Crippen LogP contribution is -2.37. The molecule has 1 aromatic carbocycles. The number of benzene rings is 1. The number of hydrogen-bond acceptors (Lipinski definition) is 1. The summed E-state index contributed by atoms with van der Waals surface area (Å²) in [5, 5.41) is 3.85. The van der Waals surface area contributed by atoms with Gasteiger partial charge in [-0.15, -0.1) is 0 Å². The first-order valence-electron chi connectivity index (χ1n) is 7.96. The Bertz CT molecular complexity index is 439. The van der Waals surface area contributed by atoms with E-state index in [1.807, 2.05) is 0 Å². The van der Waals surface area contributed by atoms with Crippen LogP contribution < -0.4 is 5.32 Å². The minimum absolute atomic E-state index is 0.467. The van der Waals surface area contributed by atoms with Gasteiger partial charge in [-0.1, -0.05) is 36.2 Å². The Hall–Kier alpha value is -0.820. The van der Waals surface area contributed by atoms with Gasteiger partial charge < -0.3 is 5.32 Å². The predicted octanol–water partition coefficient (Wildman–Crippen LogP) is 4.47. The van der Waals surface area contributed by atoms with E-state index in [0.29, 0.717) is 12.1 Å². The first kappa shape index (κ1) is 13.2. The van der Waals surface area contributed by atoms with E-state index in [1.54, 1.807) is 0 Å². The molecule has 19 heavy (non-hydrogen) atoms. The van der Waals surface area contributed by atoms with E-state index in [4.69, 9.17) is 0 Å². The van der Waals surface area contributed by atoms with Crippen LogP contribution in [0, 0.1) is 24.7 Å². The van der Waals surface area contributed by atoms with Crippen molar-refractivity contribution in [3.63, 3.8) is 0 Å². The molecule has 0 saturated heterocycles. The minimum Gasteiger partial charge on any atom is -0.307 e. The second-order valence-corrected chi connectivity index (χ2v) is 6.93. The fraction of sp³-hybridized carbons (Fsp3) is 0.667. The summed E-state index contributed by atoms with van der Waals surface area (Å²) >= 11 is 0. The van der Waals surface area contributed by atoms with Gasteiger partial charge in [0.1, 0.15) is 0 Å². The molecule has 0 heterocycles. The van der Waals surface area contributed by atoms with Crippen LogP contribution in [0.15, 0.2) is 24.3 Å². The lowest BCUT2D eigenvalue weighted by molar-refractivity contribution is 0.248. The van der Waals surface area contributed by atoms with E-state index in [1.165, 1.54) is 36.8 Å². The molecule has 2 aliphatic carbocycles. The average Bonchev–Trinajstić information content (AvgIpc) is 3.00. The number of hydrogen-bond donors (Lipinski definition) is 1. The number of rotatable bonds is 4. The summed E-state index contributed by atoms with van der Waals surface area (Å²) in [6.45, 7) is 6.88. The van der Waals surface area contributed by atoms with E-state index < -0.39 is 0 Å². The highest BCUT2D eigenvalue weighted by Gasteiger charge is 2.41. The highest BCUT2D eigenvalue weighted by Crippen LogP contribution is 2.49. The van der Waals surface area contributed by atoms with Gasteiger partial charge in [0.15, 0.2) is 0 Å². The van der Waals surface area contributed by atoms with E-state index >= 15 is 0 Å². The molecule has 0 aliphatic heterocycles. The smallest absolute Gasteiger partial charge is 0.0294 e. The van der Waals surface area contributed by atoms with Crippen LogP contribution in [0.25, 0.3) is 0 Å². The lowest BCUT2D eigenvalue weighted by Gasteiger charge is -2.31. The maximum absolute atomic E-state index is 3.85. The topological polar surface area (TPSA) is 12.0 Å². The minimum atomic E-state index is 0.467. The van der Waals surface area contributed by atoms with Crippen LogP contribution in [0.4, 0.5) is 0 Å². The predicted molar refractivity (Wildman–Crippen MR) is 81.1 cm³/mol. The molecule has 1 N–H and O–H groups in total. The van der Waals surface area contributed by atoms with Gasteiger partial charge in [-0.05, 0) is 63.4 Å². The zero-order valence-corrected chi connectivity index (χ0v) is 12.5. The molecule has 2 aliphatic rings. The zero-order valence-electron chi connectivity index (χ0n) is 12.5. The van der Waals surface area contributed by atoms with Gasteiger partial charge in [-0.3, -0.25) is 0 Å². The molecule has 0 aromatic heterocycles. The molecule has 2 fully saturated rings. The van der Waals surface area contributed by atoms with Crippen LogP contribution in [0.2, 0.25) is 0 Å². The normalized spacial score (nSPS) is 32.5.